The molecule has 2 saturated heterocycles. The number of aliphatic hydroxyl groups excluding tert-OH is 1. The lowest BCUT2D eigenvalue weighted by atomic mass is 10.0. The second-order valence-corrected chi connectivity index (χ2v) is 6.14. The lowest BCUT2D eigenvalue weighted by Crippen LogP contribution is -2.55. The van der Waals surface area contributed by atoms with Gasteiger partial charge in [-0.3, -0.25) is 4.90 Å². The van der Waals surface area contributed by atoms with Gasteiger partial charge in [0, 0.05) is 36.4 Å². The number of hydrogen-bond acceptors (Lipinski definition) is 3. The number of nitrogens with zero attached hydrogens (tertiary/aromatic N) is 2. The molecule has 20 heavy (non-hydrogen) atoms. The van der Waals surface area contributed by atoms with Gasteiger partial charge in [0.25, 0.3) is 0 Å². The largest absolute Gasteiger partial charge is 0.389 e. The van der Waals surface area contributed by atoms with E-state index in [0.29, 0.717) is 17.6 Å². The van der Waals surface area contributed by atoms with Gasteiger partial charge in [-0.15, -0.1) is 0 Å². The molecule has 2 aliphatic rings. The summed E-state index contributed by atoms with van der Waals surface area (Å²) in [6.45, 7) is 6.98. The molecule has 1 aromatic rings. The molecule has 0 saturated carbocycles. The van der Waals surface area contributed by atoms with Crippen LogP contribution < -0.4 is 4.90 Å². The molecule has 1 N–H and O–H groups in total. The Morgan fingerprint density at radius 3 is 2.90 bits per heavy atom. The Hall–Kier alpha value is -1.13. The quantitative estimate of drug-likeness (QED) is 0.900. The van der Waals surface area contributed by atoms with E-state index in [0.717, 1.165) is 18.8 Å². The Bertz CT molecular complexity index is 491. The molecular formula is C16H23FN2O. The summed E-state index contributed by atoms with van der Waals surface area (Å²) in [4.78, 5) is 4.82. The Morgan fingerprint density at radius 1 is 1.35 bits per heavy atom. The lowest BCUT2D eigenvalue weighted by molar-refractivity contribution is 0.188. The van der Waals surface area contributed by atoms with Crippen LogP contribution in [0.15, 0.2) is 18.2 Å². The predicted octanol–water partition coefficient (Wildman–Crippen LogP) is 2.55. The number of hydrogen-bond donors (Lipinski definition) is 1. The van der Waals surface area contributed by atoms with Crippen LogP contribution in [0.3, 0.4) is 0 Å². The monoisotopic (exact) mass is 278 g/mol. The van der Waals surface area contributed by atoms with Crippen LogP contribution in [0.2, 0.25) is 0 Å². The maximum Gasteiger partial charge on any atom is 0.131 e. The second-order valence-electron chi connectivity index (χ2n) is 6.14. The number of rotatable bonds is 2. The molecule has 1 aromatic carbocycles. The average molecular weight is 278 g/mol. The van der Waals surface area contributed by atoms with Crippen LogP contribution in [-0.4, -0.2) is 41.7 Å². The van der Waals surface area contributed by atoms with Crippen LogP contribution in [0.25, 0.3) is 0 Å². The van der Waals surface area contributed by atoms with Crippen LogP contribution in [0.5, 0.6) is 0 Å². The number of aliphatic hydroxyl groups is 1. The molecule has 2 fully saturated rings. The van der Waals surface area contributed by atoms with Crippen molar-refractivity contribution in [3.8, 4) is 0 Å². The van der Waals surface area contributed by atoms with Gasteiger partial charge in [0.2, 0.25) is 0 Å². The second kappa shape index (κ2) is 5.34. The van der Waals surface area contributed by atoms with Crippen LogP contribution in [0, 0.1) is 5.82 Å². The Labute approximate surface area is 120 Å². The molecule has 4 heteroatoms. The van der Waals surface area contributed by atoms with Crippen molar-refractivity contribution in [3.05, 3.63) is 29.6 Å². The van der Waals surface area contributed by atoms with Crippen molar-refractivity contribution in [1.29, 1.82) is 0 Å². The van der Waals surface area contributed by atoms with Gasteiger partial charge in [0.1, 0.15) is 5.82 Å². The minimum absolute atomic E-state index is 0.307. The highest BCUT2D eigenvalue weighted by Crippen LogP contribution is 2.34. The highest BCUT2D eigenvalue weighted by molar-refractivity contribution is 5.56. The Morgan fingerprint density at radius 2 is 2.15 bits per heavy atom. The SMILES string of the molecule is CC1CN2CCCC2CN1c1cccc(F)c1[C@@H](C)O. The van der Waals surface area contributed by atoms with Crippen molar-refractivity contribution in [2.45, 2.75) is 44.9 Å². The van der Waals surface area contributed by atoms with E-state index in [9.17, 15) is 9.50 Å². The Kier molecular flexibility index (Phi) is 3.69. The van der Waals surface area contributed by atoms with E-state index in [4.69, 9.17) is 0 Å². The number of halogens is 1. The first-order chi connectivity index (χ1) is 9.58. The van der Waals surface area contributed by atoms with Crippen molar-refractivity contribution in [2.24, 2.45) is 0 Å². The summed E-state index contributed by atoms with van der Waals surface area (Å²) in [7, 11) is 0. The summed E-state index contributed by atoms with van der Waals surface area (Å²) in [5.74, 6) is -0.307. The summed E-state index contributed by atoms with van der Waals surface area (Å²) in [6.07, 6.45) is 1.71. The van der Waals surface area contributed by atoms with Gasteiger partial charge >= 0.3 is 0 Å². The molecule has 2 aliphatic heterocycles. The van der Waals surface area contributed by atoms with Gasteiger partial charge < -0.3 is 10.0 Å². The summed E-state index contributed by atoms with van der Waals surface area (Å²) >= 11 is 0. The number of fused-ring (bicyclic) bond motifs is 1. The van der Waals surface area contributed by atoms with E-state index in [1.54, 1.807) is 13.0 Å². The van der Waals surface area contributed by atoms with Crippen molar-refractivity contribution in [2.75, 3.05) is 24.5 Å². The fourth-order valence-corrected chi connectivity index (χ4v) is 3.71. The smallest absolute Gasteiger partial charge is 0.131 e. The molecule has 3 atom stereocenters. The third kappa shape index (κ3) is 2.31. The van der Waals surface area contributed by atoms with Gasteiger partial charge in [-0.2, -0.15) is 0 Å². The maximum atomic E-state index is 14.1. The molecule has 0 aromatic heterocycles. The summed E-state index contributed by atoms with van der Waals surface area (Å²) in [6, 6.07) is 6.04. The molecule has 0 aliphatic carbocycles. The first-order valence-electron chi connectivity index (χ1n) is 7.55. The predicted molar refractivity (Wildman–Crippen MR) is 78.4 cm³/mol. The minimum atomic E-state index is -0.778. The Balaban J connectivity index is 1.94. The standard InChI is InChI=1S/C16H23FN2O/c1-11-9-18-8-4-5-13(18)10-19(11)15-7-3-6-14(17)16(15)12(2)20/h3,6-7,11-13,20H,4-5,8-10H2,1-2H3/t11?,12-,13?/m1/s1. The van der Waals surface area contributed by atoms with Gasteiger partial charge in [-0.1, -0.05) is 6.07 Å². The molecule has 2 heterocycles. The highest BCUT2D eigenvalue weighted by Gasteiger charge is 2.35. The van der Waals surface area contributed by atoms with Crippen LogP contribution in [0.4, 0.5) is 10.1 Å². The van der Waals surface area contributed by atoms with Crippen molar-refractivity contribution >= 4 is 5.69 Å². The van der Waals surface area contributed by atoms with Crippen LogP contribution >= 0.6 is 0 Å². The van der Waals surface area contributed by atoms with Gasteiger partial charge in [-0.25, -0.2) is 4.39 Å². The summed E-state index contributed by atoms with van der Waals surface area (Å²) in [5.41, 5.74) is 1.30. The normalized spacial score (nSPS) is 28.5. The fraction of sp³-hybridized carbons (Fsp3) is 0.625. The third-order valence-electron chi connectivity index (χ3n) is 4.69. The van der Waals surface area contributed by atoms with Crippen LogP contribution in [0.1, 0.15) is 38.4 Å². The number of piperazine rings is 1. The molecular weight excluding hydrogens is 255 g/mol. The van der Waals surface area contributed by atoms with Gasteiger partial charge in [-0.05, 0) is 45.4 Å². The zero-order valence-corrected chi connectivity index (χ0v) is 12.2. The minimum Gasteiger partial charge on any atom is -0.389 e. The molecule has 110 valence electrons. The number of anilines is 1. The van der Waals surface area contributed by atoms with E-state index in [2.05, 4.69) is 16.7 Å². The first-order valence-corrected chi connectivity index (χ1v) is 7.55. The molecule has 0 bridgehead atoms. The first kappa shape index (κ1) is 13.8. The van der Waals surface area contributed by atoms with E-state index in [1.165, 1.54) is 25.5 Å². The van der Waals surface area contributed by atoms with E-state index >= 15 is 0 Å². The topological polar surface area (TPSA) is 26.7 Å². The fourth-order valence-electron chi connectivity index (χ4n) is 3.71. The van der Waals surface area contributed by atoms with Crippen molar-refractivity contribution in [3.63, 3.8) is 0 Å². The van der Waals surface area contributed by atoms with Gasteiger partial charge in [0.05, 0.1) is 6.10 Å². The lowest BCUT2D eigenvalue weighted by Gasteiger charge is -2.44. The van der Waals surface area contributed by atoms with E-state index < -0.39 is 6.10 Å². The third-order valence-corrected chi connectivity index (χ3v) is 4.69. The van der Waals surface area contributed by atoms with Crippen LogP contribution in [-0.2, 0) is 0 Å². The zero-order chi connectivity index (χ0) is 14.3. The molecule has 3 rings (SSSR count). The molecule has 0 amide bonds. The molecule has 3 nitrogen and oxygen atoms in total. The maximum absolute atomic E-state index is 14.1. The zero-order valence-electron chi connectivity index (χ0n) is 12.2. The van der Waals surface area contributed by atoms with E-state index in [1.807, 2.05) is 6.07 Å². The highest BCUT2D eigenvalue weighted by atomic mass is 19.1. The molecule has 0 radical (unpaired) electrons. The van der Waals surface area contributed by atoms with Crippen molar-refractivity contribution in [1.82, 2.24) is 4.90 Å². The number of benzene rings is 1. The molecule has 2 unspecified atom stereocenters. The molecule has 0 spiro atoms. The van der Waals surface area contributed by atoms with Gasteiger partial charge in [0.15, 0.2) is 0 Å². The average Bonchev–Trinajstić information content (AvgIpc) is 2.84. The summed E-state index contributed by atoms with van der Waals surface area (Å²) < 4.78 is 14.1. The summed E-state index contributed by atoms with van der Waals surface area (Å²) in [5, 5.41) is 9.91. The van der Waals surface area contributed by atoms with E-state index in [-0.39, 0.29) is 5.82 Å². The van der Waals surface area contributed by atoms with Crippen molar-refractivity contribution < 1.29 is 9.50 Å².